The van der Waals surface area contributed by atoms with E-state index in [1.165, 1.54) is 4.31 Å². The summed E-state index contributed by atoms with van der Waals surface area (Å²) in [6.45, 7) is 0.950. The van der Waals surface area contributed by atoms with E-state index in [0.29, 0.717) is 34.5 Å². The molecule has 0 saturated carbocycles. The monoisotopic (exact) mass is 526 g/mol. The van der Waals surface area contributed by atoms with Gasteiger partial charge < -0.3 is 5.32 Å². The van der Waals surface area contributed by atoms with Crippen molar-refractivity contribution in [3.05, 3.63) is 75.4 Å². The van der Waals surface area contributed by atoms with Crippen LogP contribution in [0.3, 0.4) is 0 Å². The van der Waals surface area contributed by atoms with Crippen molar-refractivity contribution in [3.8, 4) is 0 Å². The van der Waals surface area contributed by atoms with Crippen LogP contribution in [0.4, 0.5) is 5.82 Å². The molecular weight excluding hydrogens is 507 g/mol. The first kappa shape index (κ1) is 24.0. The van der Waals surface area contributed by atoms with E-state index >= 15 is 0 Å². The third-order valence-corrected chi connectivity index (χ3v) is 8.42. The van der Waals surface area contributed by atoms with Gasteiger partial charge in [-0.2, -0.15) is 9.40 Å². The molecule has 2 aromatic carbocycles. The number of aromatic nitrogens is 2. The maximum Gasteiger partial charge on any atom is 0.243 e. The highest BCUT2D eigenvalue weighted by Crippen LogP contribution is 2.27. The van der Waals surface area contributed by atoms with E-state index in [1.807, 2.05) is 6.07 Å². The van der Waals surface area contributed by atoms with E-state index < -0.39 is 10.0 Å². The molecule has 0 aliphatic carbocycles. The first-order chi connectivity index (χ1) is 15.7. The topological polar surface area (TPSA) is 84.3 Å². The smallest absolute Gasteiger partial charge is 0.243 e. The van der Waals surface area contributed by atoms with Gasteiger partial charge in [0.1, 0.15) is 5.02 Å². The predicted octanol–water partition coefficient (Wildman–Crippen LogP) is 4.93. The lowest BCUT2D eigenvalue weighted by Crippen LogP contribution is -2.41. The number of hydrogen-bond donors (Lipinski definition) is 1. The number of piperidine rings is 1. The van der Waals surface area contributed by atoms with Crippen LogP contribution >= 0.6 is 34.8 Å². The van der Waals surface area contributed by atoms with Gasteiger partial charge in [0, 0.05) is 25.2 Å². The summed E-state index contributed by atoms with van der Waals surface area (Å²) < 4.78 is 28.6. The molecular formula is C22H21Cl3N4O3S. The van der Waals surface area contributed by atoms with Crippen molar-refractivity contribution in [1.29, 1.82) is 0 Å². The van der Waals surface area contributed by atoms with Gasteiger partial charge in [0.15, 0.2) is 5.82 Å². The average Bonchev–Trinajstić information content (AvgIpc) is 3.15. The fourth-order valence-electron chi connectivity index (χ4n) is 3.71. The summed E-state index contributed by atoms with van der Waals surface area (Å²) >= 11 is 18.3. The highest BCUT2D eigenvalue weighted by atomic mass is 35.5. The van der Waals surface area contributed by atoms with Crippen molar-refractivity contribution in [2.45, 2.75) is 24.3 Å². The summed E-state index contributed by atoms with van der Waals surface area (Å²) in [6, 6.07) is 13.6. The van der Waals surface area contributed by atoms with Crippen LogP contribution in [-0.2, 0) is 21.4 Å². The van der Waals surface area contributed by atoms with Crippen molar-refractivity contribution in [1.82, 2.24) is 14.1 Å². The standard InChI is InChI=1S/C22H21Cl3N4O3S/c23-18-7-6-15(12-19(18)24)13-28-14-20(25)21(27-28)26-22(30)16-8-10-29(11-9-16)33(31,32)17-4-2-1-3-5-17/h1-7,12,14,16H,8-11,13H2,(H,26,27,30). The summed E-state index contributed by atoms with van der Waals surface area (Å²) in [7, 11) is -3.56. The van der Waals surface area contributed by atoms with Gasteiger partial charge in [0.25, 0.3) is 0 Å². The quantitative estimate of drug-likeness (QED) is 0.493. The van der Waals surface area contributed by atoms with Gasteiger partial charge in [-0.15, -0.1) is 0 Å². The van der Waals surface area contributed by atoms with Gasteiger partial charge in [-0.05, 0) is 42.7 Å². The van der Waals surface area contributed by atoms with Crippen molar-refractivity contribution in [3.63, 3.8) is 0 Å². The van der Waals surface area contributed by atoms with Gasteiger partial charge in [-0.25, -0.2) is 8.42 Å². The minimum absolute atomic E-state index is 0.228. The van der Waals surface area contributed by atoms with E-state index in [2.05, 4.69) is 10.4 Å². The summed E-state index contributed by atoms with van der Waals surface area (Å²) in [6.07, 6.45) is 2.45. The highest BCUT2D eigenvalue weighted by Gasteiger charge is 2.32. The van der Waals surface area contributed by atoms with Crippen LogP contribution in [0.5, 0.6) is 0 Å². The predicted molar refractivity (Wildman–Crippen MR) is 129 cm³/mol. The zero-order chi connectivity index (χ0) is 23.6. The Labute approximate surface area is 207 Å². The number of carbonyl (C=O) groups excluding carboxylic acids is 1. The fraction of sp³-hybridized carbons (Fsp3) is 0.273. The molecule has 0 atom stereocenters. The molecule has 1 aliphatic rings. The molecule has 4 rings (SSSR count). The molecule has 1 amide bonds. The lowest BCUT2D eigenvalue weighted by Gasteiger charge is -2.30. The second-order valence-corrected chi connectivity index (χ2v) is 10.9. The molecule has 33 heavy (non-hydrogen) atoms. The molecule has 1 fully saturated rings. The largest absolute Gasteiger partial charge is 0.308 e. The Hall–Kier alpha value is -2.10. The Morgan fingerprint density at radius 1 is 1.00 bits per heavy atom. The van der Waals surface area contributed by atoms with Crippen LogP contribution in [0.25, 0.3) is 0 Å². The number of halogens is 3. The van der Waals surface area contributed by atoms with Crippen molar-refractivity contribution < 1.29 is 13.2 Å². The number of nitrogens with zero attached hydrogens (tertiary/aromatic N) is 3. The lowest BCUT2D eigenvalue weighted by atomic mass is 9.97. The number of carbonyl (C=O) groups is 1. The van der Waals surface area contributed by atoms with Crippen LogP contribution in [0, 0.1) is 5.92 Å². The third kappa shape index (κ3) is 5.53. The zero-order valence-electron chi connectivity index (χ0n) is 17.4. The van der Waals surface area contributed by atoms with Crippen molar-refractivity contribution in [2.75, 3.05) is 18.4 Å². The van der Waals surface area contributed by atoms with Crippen LogP contribution < -0.4 is 5.32 Å². The number of benzene rings is 2. The summed E-state index contributed by atoms with van der Waals surface area (Å²) in [5.41, 5.74) is 0.883. The van der Waals surface area contributed by atoms with Gasteiger partial charge in [0.05, 0.1) is 21.5 Å². The second-order valence-electron chi connectivity index (χ2n) is 7.75. The molecule has 0 radical (unpaired) electrons. The van der Waals surface area contributed by atoms with E-state index in [-0.39, 0.29) is 35.6 Å². The second kappa shape index (κ2) is 10.0. The van der Waals surface area contributed by atoms with E-state index in [0.717, 1.165) is 5.56 Å². The Balaban J connectivity index is 1.36. The van der Waals surface area contributed by atoms with E-state index in [1.54, 1.807) is 53.3 Å². The van der Waals surface area contributed by atoms with E-state index in [4.69, 9.17) is 34.8 Å². The van der Waals surface area contributed by atoms with Gasteiger partial charge in [-0.1, -0.05) is 59.1 Å². The minimum atomic E-state index is -3.56. The van der Waals surface area contributed by atoms with Crippen LogP contribution in [0.1, 0.15) is 18.4 Å². The van der Waals surface area contributed by atoms with Crippen LogP contribution in [0.15, 0.2) is 59.6 Å². The first-order valence-corrected chi connectivity index (χ1v) is 12.8. The molecule has 174 valence electrons. The van der Waals surface area contributed by atoms with Crippen LogP contribution in [0.2, 0.25) is 15.1 Å². The Bertz CT molecular complexity index is 1260. The summed E-state index contributed by atoms with van der Waals surface area (Å²) in [5.74, 6) is -0.293. The summed E-state index contributed by atoms with van der Waals surface area (Å²) in [4.78, 5) is 13.0. The van der Waals surface area contributed by atoms with Crippen molar-refractivity contribution >= 4 is 56.6 Å². The Kier molecular flexibility index (Phi) is 7.31. The maximum atomic E-state index is 12.8. The van der Waals surface area contributed by atoms with Crippen LogP contribution in [-0.4, -0.2) is 41.5 Å². The molecule has 1 saturated heterocycles. The Morgan fingerprint density at radius 3 is 2.36 bits per heavy atom. The van der Waals surface area contributed by atoms with Crippen molar-refractivity contribution in [2.24, 2.45) is 5.92 Å². The average molecular weight is 528 g/mol. The number of amides is 1. The lowest BCUT2D eigenvalue weighted by molar-refractivity contribution is -0.120. The molecule has 11 heteroatoms. The Morgan fingerprint density at radius 2 is 1.70 bits per heavy atom. The third-order valence-electron chi connectivity index (χ3n) is 5.49. The molecule has 1 aromatic heterocycles. The normalized spacial score (nSPS) is 15.5. The SMILES string of the molecule is O=C(Nc1nn(Cc2ccc(Cl)c(Cl)c2)cc1Cl)C1CCN(S(=O)(=O)c2ccccc2)CC1. The summed E-state index contributed by atoms with van der Waals surface area (Å²) in [5, 5.41) is 8.36. The molecule has 2 heterocycles. The highest BCUT2D eigenvalue weighted by molar-refractivity contribution is 7.89. The minimum Gasteiger partial charge on any atom is -0.308 e. The molecule has 1 aliphatic heterocycles. The van der Waals surface area contributed by atoms with Gasteiger partial charge >= 0.3 is 0 Å². The number of nitrogens with one attached hydrogen (secondary N) is 1. The molecule has 1 N–H and O–H groups in total. The molecule has 0 spiro atoms. The zero-order valence-corrected chi connectivity index (χ0v) is 20.5. The first-order valence-electron chi connectivity index (χ1n) is 10.3. The number of anilines is 1. The number of rotatable bonds is 6. The number of hydrogen-bond acceptors (Lipinski definition) is 4. The molecule has 3 aromatic rings. The van der Waals surface area contributed by atoms with Gasteiger partial charge in [0.2, 0.25) is 15.9 Å². The molecule has 7 nitrogen and oxygen atoms in total. The maximum absolute atomic E-state index is 12.8. The van der Waals surface area contributed by atoms with E-state index in [9.17, 15) is 13.2 Å². The number of sulfonamides is 1. The molecule has 0 bridgehead atoms. The fourth-order valence-corrected chi connectivity index (χ4v) is 5.72. The molecule has 0 unspecified atom stereocenters. The van der Waals surface area contributed by atoms with Gasteiger partial charge in [-0.3, -0.25) is 9.48 Å².